The number of methoxy groups -OCH3 is 2. The van der Waals surface area contributed by atoms with Gasteiger partial charge in [-0.15, -0.1) is 11.8 Å². The van der Waals surface area contributed by atoms with Crippen molar-refractivity contribution in [1.82, 2.24) is 5.43 Å². The molecule has 0 aromatic heterocycles. The van der Waals surface area contributed by atoms with Crippen molar-refractivity contribution in [3.8, 4) is 11.5 Å². The van der Waals surface area contributed by atoms with Crippen LogP contribution in [0.3, 0.4) is 0 Å². The molecule has 0 radical (unpaired) electrons. The molecule has 0 atom stereocenters. The number of thioether (sulfide) groups is 1. The number of nitrogens with zero attached hydrogens (tertiary/aromatic N) is 1. The zero-order valence-electron chi connectivity index (χ0n) is 14.3. The molecule has 0 amide bonds. The van der Waals surface area contributed by atoms with Crippen molar-refractivity contribution in [2.75, 3.05) is 25.3 Å². The van der Waals surface area contributed by atoms with Crippen LogP contribution < -0.4 is 20.2 Å². The van der Waals surface area contributed by atoms with Gasteiger partial charge < -0.3 is 14.8 Å². The highest BCUT2D eigenvalue weighted by Gasteiger charge is 2.17. The molecule has 26 heavy (non-hydrogen) atoms. The van der Waals surface area contributed by atoms with Crippen molar-refractivity contribution in [3.05, 3.63) is 47.8 Å². The van der Waals surface area contributed by atoms with E-state index in [1.807, 2.05) is 6.07 Å². The van der Waals surface area contributed by atoms with Gasteiger partial charge in [0, 0.05) is 34.4 Å². The van der Waals surface area contributed by atoms with E-state index in [9.17, 15) is 4.39 Å². The van der Waals surface area contributed by atoms with Crippen molar-refractivity contribution in [1.29, 1.82) is 0 Å². The molecule has 0 aliphatic carbocycles. The molecular formula is C18H18FN3O2S2. The average Bonchev–Trinajstić information content (AvgIpc) is 2.66. The number of hydrogen-bond donors (Lipinski definition) is 2. The number of fused-ring (bicyclic) bond motifs is 1. The highest BCUT2D eigenvalue weighted by Crippen LogP contribution is 2.31. The first-order chi connectivity index (χ1) is 12.6. The number of halogens is 1. The smallest absolute Gasteiger partial charge is 0.191 e. The van der Waals surface area contributed by atoms with Gasteiger partial charge in [0.05, 0.1) is 19.9 Å². The molecule has 5 nitrogen and oxygen atoms in total. The Morgan fingerprint density at radius 2 is 1.96 bits per heavy atom. The molecule has 2 N–H and O–H groups in total. The van der Waals surface area contributed by atoms with Gasteiger partial charge in [0.25, 0.3) is 0 Å². The molecule has 2 aromatic rings. The Morgan fingerprint density at radius 3 is 2.73 bits per heavy atom. The molecule has 2 aromatic carbocycles. The fourth-order valence-corrected chi connectivity index (χ4v) is 3.73. The Kier molecular flexibility index (Phi) is 5.95. The molecule has 8 heteroatoms. The topological polar surface area (TPSA) is 54.9 Å². The zero-order chi connectivity index (χ0) is 18.5. The van der Waals surface area contributed by atoms with Crippen LogP contribution in [-0.4, -0.2) is 30.8 Å². The molecule has 1 aliphatic heterocycles. The molecule has 3 rings (SSSR count). The van der Waals surface area contributed by atoms with E-state index in [4.69, 9.17) is 21.7 Å². The first kappa shape index (κ1) is 18.5. The molecule has 0 spiro atoms. The minimum absolute atomic E-state index is 0.273. The van der Waals surface area contributed by atoms with Crippen LogP contribution in [0.4, 0.5) is 10.1 Å². The van der Waals surface area contributed by atoms with Crippen LogP contribution in [0.5, 0.6) is 11.5 Å². The van der Waals surface area contributed by atoms with Crippen molar-refractivity contribution >= 4 is 40.5 Å². The molecule has 1 heterocycles. The van der Waals surface area contributed by atoms with Gasteiger partial charge in [-0.1, -0.05) is 0 Å². The molecule has 0 saturated carbocycles. The third-order valence-corrected chi connectivity index (χ3v) is 5.05. The lowest BCUT2D eigenvalue weighted by Crippen LogP contribution is -2.26. The minimum atomic E-state index is -0.273. The van der Waals surface area contributed by atoms with Crippen molar-refractivity contribution in [2.45, 2.75) is 11.3 Å². The largest absolute Gasteiger partial charge is 0.493 e. The lowest BCUT2D eigenvalue weighted by Gasteiger charge is -2.18. The predicted octanol–water partition coefficient (Wildman–Crippen LogP) is 4.03. The maximum Gasteiger partial charge on any atom is 0.191 e. The fourth-order valence-electron chi connectivity index (χ4n) is 2.55. The number of thiocarbonyl (C=S) groups is 1. The second-order valence-electron chi connectivity index (χ2n) is 5.43. The molecule has 0 saturated heterocycles. The number of benzene rings is 2. The Morgan fingerprint density at radius 1 is 1.15 bits per heavy atom. The van der Waals surface area contributed by atoms with Gasteiger partial charge in [-0.25, -0.2) is 4.39 Å². The summed E-state index contributed by atoms with van der Waals surface area (Å²) >= 11 is 6.99. The van der Waals surface area contributed by atoms with Crippen molar-refractivity contribution in [2.24, 2.45) is 5.10 Å². The number of nitrogens with one attached hydrogen (secondary N) is 2. The third kappa shape index (κ3) is 4.25. The molecule has 0 unspecified atom stereocenters. The number of anilines is 1. The summed E-state index contributed by atoms with van der Waals surface area (Å²) in [5, 5.41) is 7.74. The summed E-state index contributed by atoms with van der Waals surface area (Å²) in [5.41, 5.74) is 5.17. The van der Waals surface area contributed by atoms with E-state index >= 15 is 0 Å². The fraction of sp³-hybridized carbons (Fsp3) is 0.222. The van der Waals surface area contributed by atoms with E-state index in [1.54, 1.807) is 44.2 Å². The quantitative estimate of drug-likeness (QED) is 0.606. The highest BCUT2D eigenvalue weighted by molar-refractivity contribution is 7.99. The van der Waals surface area contributed by atoms with Gasteiger partial charge in [-0.05, 0) is 42.5 Å². The first-order valence-corrected chi connectivity index (χ1v) is 9.28. The third-order valence-electron chi connectivity index (χ3n) is 3.78. The normalized spacial score (nSPS) is 14.5. The predicted molar refractivity (Wildman–Crippen MR) is 107 cm³/mol. The van der Waals surface area contributed by atoms with Gasteiger partial charge in [0.1, 0.15) is 5.82 Å². The SMILES string of the molecule is COc1ccc(NC(=S)NN=C2CCSc3ccc(F)cc32)cc1OC. The average molecular weight is 391 g/mol. The van der Waals surface area contributed by atoms with Crippen LogP contribution >= 0.6 is 24.0 Å². The lowest BCUT2D eigenvalue weighted by molar-refractivity contribution is 0.355. The maximum atomic E-state index is 13.5. The molecule has 1 aliphatic rings. The maximum absolute atomic E-state index is 13.5. The Bertz CT molecular complexity index is 858. The number of hydrogen-bond acceptors (Lipinski definition) is 5. The number of hydrazone groups is 1. The zero-order valence-corrected chi connectivity index (χ0v) is 16.0. The Balaban J connectivity index is 1.70. The molecule has 0 bridgehead atoms. The minimum Gasteiger partial charge on any atom is -0.493 e. The summed E-state index contributed by atoms with van der Waals surface area (Å²) in [6, 6.07) is 10.1. The van der Waals surface area contributed by atoms with E-state index in [0.717, 1.165) is 34.0 Å². The van der Waals surface area contributed by atoms with E-state index in [0.29, 0.717) is 16.6 Å². The summed E-state index contributed by atoms with van der Waals surface area (Å²) in [7, 11) is 3.15. The van der Waals surface area contributed by atoms with Gasteiger partial charge in [0.15, 0.2) is 16.6 Å². The van der Waals surface area contributed by atoms with E-state index < -0.39 is 0 Å². The van der Waals surface area contributed by atoms with Crippen LogP contribution in [0.15, 0.2) is 46.4 Å². The number of rotatable bonds is 4. The van der Waals surface area contributed by atoms with Gasteiger partial charge >= 0.3 is 0 Å². The van der Waals surface area contributed by atoms with Gasteiger partial charge in [0.2, 0.25) is 0 Å². The second kappa shape index (κ2) is 8.37. The summed E-state index contributed by atoms with van der Waals surface area (Å²) in [6.45, 7) is 0. The molecule has 0 fully saturated rings. The second-order valence-corrected chi connectivity index (χ2v) is 6.98. The Labute approximate surface area is 161 Å². The van der Waals surface area contributed by atoms with E-state index in [2.05, 4.69) is 15.8 Å². The van der Waals surface area contributed by atoms with E-state index in [1.165, 1.54) is 12.1 Å². The highest BCUT2D eigenvalue weighted by atomic mass is 32.2. The molecule has 136 valence electrons. The van der Waals surface area contributed by atoms with Crippen LogP contribution in [0.1, 0.15) is 12.0 Å². The van der Waals surface area contributed by atoms with Gasteiger partial charge in [-0.2, -0.15) is 5.10 Å². The summed E-state index contributed by atoms with van der Waals surface area (Å²) in [4.78, 5) is 1.02. The Hall–Kier alpha value is -2.32. The van der Waals surface area contributed by atoms with E-state index in [-0.39, 0.29) is 5.82 Å². The van der Waals surface area contributed by atoms with Crippen LogP contribution in [0.2, 0.25) is 0 Å². The monoisotopic (exact) mass is 391 g/mol. The molecular weight excluding hydrogens is 373 g/mol. The van der Waals surface area contributed by atoms with Crippen molar-refractivity contribution in [3.63, 3.8) is 0 Å². The van der Waals surface area contributed by atoms with Gasteiger partial charge in [-0.3, -0.25) is 5.43 Å². The number of ether oxygens (including phenoxy) is 2. The summed E-state index contributed by atoms with van der Waals surface area (Å²) in [5.74, 6) is 1.86. The lowest BCUT2D eigenvalue weighted by atomic mass is 10.1. The van der Waals surface area contributed by atoms with Crippen LogP contribution in [0, 0.1) is 5.82 Å². The first-order valence-electron chi connectivity index (χ1n) is 7.89. The van der Waals surface area contributed by atoms with Crippen LogP contribution in [0.25, 0.3) is 0 Å². The summed E-state index contributed by atoms with van der Waals surface area (Å²) < 4.78 is 24.0. The van der Waals surface area contributed by atoms with Crippen molar-refractivity contribution < 1.29 is 13.9 Å². The van der Waals surface area contributed by atoms with Crippen LogP contribution in [-0.2, 0) is 0 Å². The standard InChI is InChI=1S/C18H18FN3O2S2/c1-23-15-5-4-12(10-16(15)24-2)20-18(25)22-21-14-7-8-26-17-6-3-11(19)9-13(14)17/h3-6,9-10H,7-8H2,1-2H3,(H2,20,22,25). The summed E-state index contributed by atoms with van der Waals surface area (Å²) in [6.07, 6.45) is 0.743.